The number of rotatable bonds is 8. The predicted octanol–water partition coefficient (Wildman–Crippen LogP) is 3.45. The quantitative estimate of drug-likeness (QED) is 0.626. The number of imide groups is 1. The Morgan fingerprint density at radius 3 is 2.41 bits per heavy atom. The molecule has 4 rings (SSSR count). The summed E-state index contributed by atoms with van der Waals surface area (Å²) in [5.41, 5.74) is 2.47. The normalized spacial score (nSPS) is 28.3. The number of hydrogen-bond acceptors (Lipinski definition) is 5. The highest BCUT2D eigenvalue weighted by atomic mass is 16.2. The summed E-state index contributed by atoms with van der Waals surface area (Å²) in [6.45, 7) is 8.89. The average Bonchev–Trinajstić information content (AvgIpc) is 3.18. The van der Waals surface area contributed by atoms with Crippen molar-refractivity contribution in [3.8, 4) is 0 Å². The molecule has 3 amide bonds. The molecule has 0 aromatic heterocycles. The van der Waals surface area contributed by atoms with Crippen molar-refractivity contribution in [1.29, 1.82) is 0 Å². The Hall–Kier alpha value is -2.12. The highest BCUT2D eigenvalue weighted by Gasteiger charge is 2.56. The van der Waals surface area contributed by atoms with E-state index in [4.69, 9.17) is 0 Å². The number of aryl methyl sites for hydroxylation is 1. The van der Waals surface area contributed by atoms with Crippen LogP contribution in [0.4, 0.5) is 10.5 Å². The molecular weight excluding hydrogens is 402 g/mol. The number of nitrogens with zero attached hydrogens (tertiary/aromatic N) is 4. The maximum Gasteiger partial charge on any atom is 0.327 e. The van der Waals surface area contributed by atoms with Gasteiger partial charge in [0, 0.05) is 32.4 Å². The number of amides is 3. The summed E-state index contributed by atoms with van der Waals surface area (Å²) in [4.78, 5) is 34.5. The minimum Gasteiger partial charge on any atom is -0.343 e. The predicted molar refractivity (Wildman–Crippen MR) is 127 cm³/mol. The van der Waals surface area contributed by atoms with Gasteiger partial charge in [0.2, 0.25) is 0 Å². The third-order valence-corrected chi connectivity index (χ3v) is 7.25. The topological polar surface area (TPSA) is 59.1 Å². The van der Waals surface area contributed by atoms with Gasteiger partial charge >= 0.3 is 6.03 Å². The molecule has 7 heteroatoms. The van der Waals surface area contributed by atoms with E-state index in [2.05, 4.69) is 60.2 Å². The van der Waals surface area contributed by atoms with Crippen molar-refractivity contribution in [2.75, 3.05) is 31.6 Å². The minimum absolute atomic E-state index is 0.0426. The first-order valence-corrected chi connectivity index (χ1v) is 12.4. The number of likely N-dealkylation sites (N-methyl/N-ethyl adjacent to an activating group) is 1. The second kappa shape index (κ2) is 9.79. The Bertz CT molecular complexity index is 813. The second-order valence-electron chi connectivity index (χ2n) is 9.70. The number of urea groups is 1. The molecule has 4 atom stereocenters. The summed E-state index contributed by atoms with van der Waals surface area (Å²) in [5.74, 6) is 0.384. The molecule has 3 heterocycles. The molecule has 3 saturated heterocycles. The Morgan fingerprint density at radius 1 is 1.00 bits per heavy atom. The monoisotopic (exact) mass is 441 g/mol. The van der Waals surface area contributed by atoms with Crippen LogP contribution in [0.25, 0.3) is 0 Å². The van der Waals surface area contributed by atoms with E-state index in [1.165, 1.54) is 23.3 Å². The molecule has 176 valence electrons. The largest absolute Gasteiger partial charge is 0.343 e. The van der Waals surface area contributed by atoms with Gasteiger partial charge in [-0.2, -0.15) is 0 Å². The number of benzene rings is 1. The van der Waals surface area contributed by atoms with Crippen LogP contribution in [-0.4, -0.2) is 71.8 Å². The number of anilines is 1. The van der Waals surface area contributed by atoms with E-state index in [1.54, 1.807) is 4.90 Å². The lowest BCUT2D eigenvalue weighted by Crippen LogP contribution is -2.66. The number of fused-ring (bicyclic) bond motifs is 3. The lowest BCUT2D eigenvalue weighted by atomic mass is 10.0. The van der Waals surface area contributed by atoms with Crippen LogP contribution in [-0.2, 0) is 11.2 Å². The summed E-state index contributed by atoms with van der Waals surface area (Å²) < 4.78 is 0. The Kier molecular flexibility index (Phi) is 7.05. The SMILES string of the molecule is CCCCCCCN1C(=O)C2C(NC3N(c4ccc(CC)cc4)CC(C)CN23)N(C)C1=O. The summed E-state index contributed by atoms with van der Waals surface area (Å²) in [5, 5.41) is 3.62. The molecule has 1 aromatic rings. The van der Waals surface area contributed by atoms with Crippen molar-refractivity contribution in [3.63, 3.8) is 0 Å². The minimum atomic E-state index is -0.335. The Labute approximate surface area is 192 Å². The standard InChI is InChI=1S/C25H39N5O2/c1-5-7-8-9-10-15-28-23(31)21-22(27(4)25(28)32)26-24-29(16-18(3)17-30(21)24)20-13-11-19(6-2)12-14-20/h11-14,18,21-22,24,26H,5-10,15-17H2,1-4H3. The lowest BCUT2D eigenvalue weighted by Gasteiger charge is -2.46. The van der Waals surface area contributed by atoms with Crippen LogP contribution in [0.3, 0.4) is 0 Å². The van der Waals surface area contributed by atoms with Crippen molar-refractivity contribution in [3.05, 3.63) is 29.8 Å². The van der Waals surface area contributed by atoms with E-state index >= 15 is 0 Å². The third kappa shape index (κ3) is 4.25. The maximum atomic E-state index is 13.5. The summed E-state index contributed by atoms with van der Waals surface area (Å²) in [7, 11) is 1.83. The fraction of sp³-hybridized carbons (Fsp3) is 0.680. The van der Waals surface area contributed by atoms with Gasteiger partial charge in [-0.15, -0.1) is 0 Å². The van der Waals surface area contributed by atoms with Crippen LogP contribution in [0.1, 0.15) is 58.4 Å². The fourth-order valence-electron chi connectivity index (χ4n) is 5.42. The van der Waals surface area contributed by atoms with E-state index < -0.39 is 0 Å². The van der Waals surface area contributed by atoms with Crippen LogP contribution in [0, 0.1) is 5.92 Å². The van der Waals surface area contributed by atoms with E-state index in [0.29, 0.717) is 12.5 Å². The first-order valence-electron chi connectivity index (χ1n) is 12.4. The van der Waals surface area contributed by atoms with E-state index in [9.17, 15) is 9.59 Å². The molecule has 4 unspecified atom stereocenters. The van der Waals surface area contributed by atoms with Gasteiger partial charge in [-0.25, -0.2) is 4.79 Å². The molecule has 0 bridgehead atoms. The van der Waals surface area contributed by atoms with Crippen LogP contribution in [0.5, 0.6) is 0 Å². The smallest absolute Gasteiger partial charge is 0.327 e. The van der Waals surface area contributed by atoms with Gasteiger partial charge in [0.1, 0.15) is 18.5 Å². The van der Waals surface area contributed by atoms with Gasteiger partial charge < -0.3 is 9.80 Å². The Morgan fingerprint density at radius 2 is 1.72 bits per heavy atom. The van der Waals surface area contributed by atoms with Crippen molar-refractivity contribution < 1.29 is 9.59 Å². The highest BCUT2D eigenvalue weighted by Crippen LogP contribution is 2.34. The average molecular weight is 442 g/mol. The fourth-order valence-corrected chi connectivity index (χ4v) is 5.42. The first-order chi connectivity index (χ1) is 15.5. The molecule has 1 aromatic carbocycles. The summed E-state index contributed by atoms with van der Waals surface area (Å²) in [6.07, 6.45) is 6.14. The number of hydrogen-bond donors (Lipinski definition) is 1. The second-order valence-corrected chi connectivity index (χ2v) is 9.70. The van der Waals surface area contributed by atoms with E-state index in [1.807, 2.05) is 7.05 Å². The van der Waals surface area contributed by atoms with Gasteiger partial charge in [0.25, 0.3) is 5.91 Å². The molecule has 7 nitrogen and oxygen atoms in total. The zero-order valence-electron chi connectivity index (χ0n) is 20.1. The van der Waals surface area contributed by atoms with Gasteiger partial charge in [-0.1, -0.05) is 58.6 Å². The zero-order valence-corrected chi connectivity index (χ0v) is 20.1. The first kappa shape index (κ1) is 23.1. The summed E-state index contributed by atoms with van der Waals surface area (Å²) in [6, 6.07) is 8.21. The van der Waals surface area contributed by atoms with Crippen LogP contribution in [0.2, 0.25) is 0 Å². The molecule has 0 saturated carbocycles. The van der Waals surface area contributed by atoms with Gasteiger partial charge in [-0.05, 0) is 36.5 Å². The van der Waals surface area contributed by atoms with E-state index in [-0.39, 0.29) is 30.4 Å². The van der Waals surface area contributed by atoms with Gasteiger partial charge in [0.15, 0.2) is 0 Å². The van der Waals surface area contributed by atoms with Crippen LogP contribution < -0.4 is 10.2 Å². The molecule has 32 heavy (non-hydrogen) atoms. The third-order valence-electron chi connectivity index (χ3n) is 7.25. The molecule has 0 aliphatic carbocycles. The van der Waals surface area contributed by atoms with Crippen molar-refractivity contribution >= 4 is 17.6 Å². The summed E-state index contributed by atoms with van der Waals surface area (Å²) >= 11 is 0. The maximum absolute atomic E-state index is 13.5. The van der Waals surface area contributed by atoms with Crippen LogP contribution in [0.15, 0.2) is 24.3 Å². The molecule has 3 fully saturated rings. The van der Waals surface area contributed by atoms with Crippen molar-refractivity contribution in [2.45, 2.75) is 77.8 Å². The molecule has 3 aliphatic heterocycles. The lowest BCUT2D eigenvalue weighted by molar-refractivity contribution is -0.138. The van der Waals surface area contributed by atoms with E-state index in [0.717, 1.165) is 44.5 Å². The number of unbranched alkanes of at least 4 members (excludes halogenated alkanes) is 4. The number of nitrogens with one attached hydrogen (secondary N) is 1. The molecule has 0 radical (unpaired) electrons. The highest BCUT2D eigenvalue weighted by molar-refractivity contribution is 6.00. The molecule has 0 spiro atoms. The molecular formula is C25H39N5O2. The number of carbonyl (C=O) groups excluding carboxylic acids is 2. The number of carbonyl (C=O) groups is 2. The zero-order chi connectivity index (χ0) is 22.8. The van der Waals surface area contributed by atoms with Crippen molar-refractivity contribution in [1.82, 2.24) is 20.0 Å². The van der Waals surface area contributed by atoms with Crippen molar-refractivity contribution in [2.24, 2.45) is 5.92 Å². The van der Waals surface area contributed by atoms with Crippen LogP contribution >= 0.6 is 0 Å². The Balaban J connectivity index is 1.53. The molecule has 3 aliphatic rings. The van der Waals surface area contributed by atoms with Gasteiger partial charge in [-0.3, -0.25) is 19.9 Å². The molecule has 1 N–H and O–H groups in total. The van der Waals surface area contributed by atoms with Gasteiger partial charge in [0.05, 0.1) is 0 Å².